The summed E-state index contributed by atoms with van der Waals surface area (Å²) in [6.07, 6.45) is 0. The SMILES string of the molecule is CCN(CC)N=Nc1ccc(C)c(S(=O)(=O)N(CC)CC)c1. The van der Waals surface area contributed by atoms with Crippen LogP contribution in [-0.2, 0) is 10.0 Å². The molecule has 0 aliphatic rings. The Bertz CT molecular complexity index is 606. The zero-order valence-corrected chi connectivity index (χ0v) is 14.9. The first-order chi connectivity index (χ1) is 10.4. The molecule has 0 fully saturated rings. The Balaban J connectivity index is 3.20. The highest BCUT2D eigenvalue weighted by atomic mass is 32.2. The van der Waals surface area contributed by atoms with Crippen molar-refractivity contribution < 1.29 is 8.42 Å². The first kappa shape index (κ1) is 18.6. The zero-order valence-electron chi connectivity index (χ0n) is 14.1. The molecule has 0 heterocycles. The summed E-state index contributed by atoms with van der Waals surface area (Å²) in [5, 5.41) is 10.1. The molecular weight excluding hydrogens is 300 g/mol. The predicted molar refractivity (Wildman–Crippen MR) is 88.7 cm³/mol. The van der Waals surface area contributed by atoms with E-state index in [2.05, 4.69) is 10.3 Å². The van der Waals surface area contributed by atoms with Crippen LogP contribution in [0, 0.1) is 6.92 Å². The van der Waals surface area contributed by atoms with Crippen molar-refractivity contribution in [2.45, 2.75) is 39.5 Å². The summed E-state index contributed by atoms with van der Waals surface area (Å²) in [5.41, 5.74) is 1.26. The topological polar surface area (TPSA) is 65.3 Å². The number of sulfonamides is 1. The van der Waals surface area contributed by atoms with Gasteiger partial charge >= 0.3 is 0 Å². The molecule has 0 unspecified atom stereocenters. The smallest absolute Gasteiger partial charge is 0.243 e. The molecule has 0 aliphatic heterocycles. The van der Waals surface area contributed by atoms with E-state index in [0.717, 1.165) is 13.1 Å². The summed E-state index contributed by atoms with van der Waals surface area (Å²) in [4.78, 5) is 0.298. The Hall–Kier alpha value is -1.47. The number of hydrogen-bond acceptors (Lipinski definition) is 4. The summed E-state index contributed by atoms with van der Waals surface area (Å²) >= 11 is 0. The van der Waals surface area contributed by atoms with Crippen LogP contribution in [0.5, 0.6) is 0 Å². The Labute approximate surface area is 133 Å². The lowest BCUT2D eigenvalue weighted by molar-refractivity contribution is 0.300. The Kier molecular flexibility index (Phi) is 6.96. The van der Waals surface area contributed by atoms with Gasteiger partial charge in [0.25, 0.3) is 0 Å². The lowest BCUT2D eigenvalue weighted by Gasteiger charge is -2.20. The van der Waals surface area contributed by atoms with Crippen molar-refractivity contribution in [1.82, 2.24) is 9.31 Å². The van der Waals surface area contributed by atoms with Crippen molar-refractivity contribution in [3.8, 4) is 0 Å². The van der Waals surface area contributed by atoms with Crippen molar-refractivity contribution in [2.24, 2.45) is 10.3 Å². The van der Waals surface area contributed by atoms with Gasteiger partial charge in [-0.25, -0.2) is 8.42 Å². The van der Waals surface area contributed by atoms with Gasteiger partial charge in [-0.05, 0) is 38.5 Å². The second kappa shape index (κ2) is 8.24. The summed E-state index contributed by atoms with van der Waals surface area (Å²) in [7, 11) is -3.49. The van der Waals surface area contributed by atoms with E-state index in [0.29, 0.717) is 29.2 Å². The van der Waals surface area contributed by atoms with E-state index in [9.17, 15) is 8.42 Å². The van der Waals surface area contributed by atoms with Crippen LogP contribution in [0.2, 0.25) is 0 Å². The van der Waals surface area contributed by atoms with Gasteiger partial charge in [0.15, 0.2) is 0 Å². The fraction of sp³-hybridized carbons (Fsp3) is 0.600. The molecule has 0 spiro atoms. The van der Waals surface area contributed by atoms with Gasteiger partial charge in [-0.3, -0.25) is 5.01 Å². The molecule has 0 saturated heterocycles. The second-order valence-corrected chi connectivity index (χ2v) is 6.77. The fourth-order valence-corrected chi connectivity index (χ4v) is 3.80. The van der Waals surface area contributed by atoms with E-state index < -0.39 is 10.0 Å². The maximum atomic E-state index is 12.7. The van der Waals surface area contributed by atoms with Crippen molar-refractivity contribution in [3.63, 3.8) is 0 Å². The highest BCUT2D eigenvalue weighted by molar-refractivity contribution is 7.89. The van der Waals surface area contributed by atoms with Crippen LogP contribution in [-0.4, -0.2) is 43.9 Å². The molecular formula is C15H26N4O2S. The fourth-order valence-electron chi connectivity index (χ4n) is 2.10. The summed E-state index contributed by atoms with van der Waals surface area (Å²) in [5.74, 6) is 0. The molecule has 6 nitrogen and oxygen atoms in total. The van der Waals surface area contributed by atoms with E-state index in [1.54, 1.807) is 30.1 Å². The predicted octanol–water partition coefficient (Wildman–Crippen LogP) is 3.37. The van der Waals surface area contributed by atoms with Crippen LogP contribution in [0.1, 0.15) is 33.3 Å². The number of nitrogens with zero attached hydrogens (tertiary/aromatic N) is 4. The average molecular weight is 326 g/mol. The van der Waals surface area contributed by atoms with Gasteiger partial charge in [0.1, 0.15) is 0 Å². The first-order valence-corrected chi connectivity index (χ1v) is 9.12. The lowest BCUT2D eigenvalue weighted by Crippen LogP contribution is -2.31. The lowest BCUT2D eigenvalue weighted by atomic mass is 10.2. The van der Waals surface area contributed by atoms with Gasteiger partial charge in [0.2, 0.25) is 10.0 Å². The zero-order chi connectivity index (χ0) is 16.8. The van der Waals surface area contributed by atoms with Gasteiger partial charge in [-0.2, -0.15) is 4.31 Å². The molecule has 1 rings (SSSR count). The summed E-state index contributed by atoms with van der Waals surface area (Å²) in [6, 6.07) is 5.15. The van der Waals surface area contributed by atoms with Crippen molar-refractivity contribution in [3.05, 3.63) is 23.8 Å². The van der Waals surface area contributed by atoms with Crippen LogP contribution in [0.4, 0.5) is 5.69 Å². The van der Waals surface area contributed by atoms with E-state index in [-0.39, 0.29) is 0 Å². The van der Waals surface area contributed by atoms with Crippen LogP contribution in [0.25, 0.3) is 0 Å². The molecule has 0 aromatic heterocycles. The summed E-state index contributed by atoms with van der Waals surface area (Å²) in [6.45, 7) is 11.9. The average Bonchev–Trinajstić information content (AvgIpc) is 2.50. The normalized spacial score (nSPS) is 12.3. The molecule has 0 atom stereocenters. The Morgan fingerprint density at radius 3 is 2.09 bits per heavy atom. The number of rotatable bonds is 8. The van der Waals surface area contributed by atoms with Gasteiger partial charge in [0.05, 0.1) is 10.6 Å². The third-order valence-electron chi connectivity index (χ3n) is 3.51. The Morgan fingerprint density at radius 1 is 1.00 bits per heavy atom. The largest absolute Gasteiger partial charge is 0.279 e. The second-order valence-electron chi connectivity index (χ2n) is 4.87. The van der Waals surface area contributed by atoms with E-state index in [1.165, 1.54) is 4.31 Å². The monoisotopic (exact) mass is 326 g/mol. The first-order valence-electron chi connectivity index (χ1n) is 7.68. The molecule has 1 aromatic carbocycles. The number of hydrogen-bond donors (Lipinski definition) is 0. The molecule has 7 heteroatoms. The van der Waals surface area contributed by atoms with Gasteiger partial charge in [-0.15, -0.1) is 5.11 Å². The van der Waals surface area contributed by atoms with Crippen molar-refractivity contribution in [1.29, 1.82) is 0 Å². The molecule has 124 valence electrons. The van der Waals surface area contributed by atoms with Crippen LogP contribution >= 0.6 is 0 Å². The molecule has 22 heavy (non-hydrogen) atoms. The van der Waals surface area contributed by atoms with Crippen LogP contribution < -0.4 is 0 Å². The van der Waals surface area contributed by atoms with Crippen molar-refractivity contribution >= 4 is 15.7 Å². The third-order valence-corrected chi connectivity index (χ3v) is 5.70. The highest BCUT2D eigenvalue weighted by Crippen LogP contribution is 2.25. The minimum absolute atomic E-state index is 0.298. The molecule has 0 aliphatic carbocycles. The molecule has 0 saturated carbocycles. The minimum atomic E-state index is -3.49. The van der Waals surface area contributed by atoms with Crippen LogP contribution in [0.3, 0.4) is 0 Å². The molecule has 1 aromatic rings. The quantitative estimate of drug-likeness (QED) is 0.543. The minimum Gasteiger partial charge on any atom is -0.279 e. The highest BCUT2D eigenvalue weighted by Gasteiger charge is 2.23. The van der Waals surface area contributed by atoms with Crippen molar-refractivity contribution in [2.75, 3.05) is 26.2 Å². The summed E-state index contributed by atoms with van der Waals surface area (Å²) < 4.78 is 26.8. The van der Waals surface area contributed by atoms with E-state index in [1.807, 2.05) is 27.7 Å². The Morgan fingerprint density at radius 2 is 1.59 bits per heavy atom. The van der Waals surface area contributed by atoms with Gasteiger partial charge < -0.3 is 0 Å². The standard InChI is InChI=1S/C15H26N4O2S/c1-6-18(7-2)17-16-14-11-10-13(5)15(12-14)22(20,21)19(8-3)9-4/h10-12H,6-9H2,1-5H3. The maximum Gasteiger partial charge on any atom is 0.243 e. The molecule has 0 radical (unpaired) electrons. The molecule has 0 amide bonds. The molecule has 0 N–H and O–H groups in total. The number of benzene rings is 1. The van der Waals surface area contributed by atoms with E-state index in [4.69, 9.17) is 0 Å². The van der Waals surface area contributed by atoms with E-state index >= 15 is 0 Å². The van der Waals surface area contributed by atoms with Gasteiger partial charge in [0, 0.05) is 26.2 Å². The number of aryl methyl sites for hydroxylation is 1. The maximum absolute atomic E-state index is 12.7. The van der Waals surface area contributed by atoms with Gasteiger partial charge in [-0.1, -0.05) is 25.1 Å². The van der Waals surface area contributed by atoms with Crippen LogP contribution in [0.15, 0.2) is 33.4 Å². The molecule has 0 bridgehead atoms. The third kappa shape index (κ3) is 4.27.